The van der Waals surface area contributed by atoms with Gasteiger partial charge in [0.1, 0.15) is 5.82 Å². The molecule has 4 rings (SSSR count). The molecule has 1 fully saturated rings. The van der Waals surface area contributed by atoms with E-state index in [2.05, 4.69) is 64.8 Å². The summed E-state index contributed by atoms with van der Waals surface area (Å²) in [5.41, 5.74) is 5.76. The number of aryl methyl sites for hydroxylation is 2. The van der Waals surface area contributed by atoms with Gasteiger partial charge < -0.3 is 9.88 Å². The fraction of sp³-hybridized carbons (Fsp3) is 0.444. The minimum absolute atomic E-state index is 0.0769. The van der Waals surface area contributed by atoms with E-state index in [9.17, 15) is 4.79 Å². The highest BCUT2D eigenvalue weighted by molar-refractivity contribution is 5.80. The van der Waals surface area contributed by atoms with Gasteiger partial charge in [0.05, 0.1) is 11.6 Å². The molecule has 174 valence electrons. The monoisotopic (exact) mass is 445 g/mol. The van der Waals surface area contributed by atoms with E-state index in [1.165, 1.54) is 11.1 Å². The lowest BCUT2D eigenvalue weighted by atomic mass is 9.91. The van der Waals surface area contributed by atoms with E-state index in [0.717, 1.165) is 74.8 Å². The number of aromatic amines is 1. The fourth-order valence-electron chi connectivity index (χ4n) is 4.77. The Morgan fingerprint density at radius 1 is 1.09 bits per heavy atom. The maximum absolute atomic E-state index is 13.6. The topological polar surface area (TPSA) is 65.1 Å². The molecule has 1 amide bonds. The molecule has 6 nitrogen and oxygen atoms in total. The van der Waals surface area contributed by atoms with E-state index >= 15 is 0 Å². The van der Waals surface area contributed by atoms with Gasteiger partial charge in [0, 0.05) is 57.2 Å². The minimum Gasteiger partial charge on any atom is -0.346 e. The predicted molar refractivity (Wildman–Crippen MR) is 132 cm³/mol. The van der Waals surface area contributed by atoms with Gasteiger partial charge in [-0.25, -0.2) is 4.98 Å². The first-order valence-corrected chi connectivity index (χ1v) is 12.1. The van der Waals surface area contributed by atoms with Crippen LogP contribution in [0.5, 0.6) is 0 Å². The van der Waals surface area contributed by atoms with E-state index in [1.54, 1.807) is 0 Å². The molecule has 3 heterocycles. The van der Waals surface area contributed by atoms with E-state index in [-0.39, 0.29) is 11.8 Å². The Morgan fingerprint density at radius 3 is 2.61 bits per heavy atom. The number of carbonyl (C=O) groups is 1. The number of nitrogens with zero attached hydrogens (tertiary/aromatic N) is 4. The molecule has 0 unspecified atom stereocenters. The van der Waals surface area contributed by atoms with E-state index in [4.69, 9.17) is 4.98 Å². The molecule has 0 bridgehead atoms. The Morgan fingerprint density at radius 2 is 1.88 bits per heavy atom. The summed E-state index contributed by atoms with van der Waals surface area (Å²) < 4.78 is 0. The molecule has 1 saturated heterocycles. The van der Waals surface area contributed by atoms with Gasteiger partial charge in [0.25, 0.3) is 0 Å². The van der Waals surface area contributed by atoms with Gasteiger partial charge >= 0.3 is 0 Å². The molecule has 1 aliphatic rings. The third-order valence-electron chi connectivity index (χ3n) is 6.54. The average molecular weight is 446 g/mol. The number of imidazole rings is 1. The summed E-state index contributed by atoms with van der Waals surface area (Å²) in [5.74, 6) is 1.23. The molecule has 3 aromatic rings. The van der Waals surface area contributed by atoms with E-state index < -0.39 is 0 Å². The summed E-state index contributed by atoms with van der Waals surface area (Å²) in [6, 6.07) is 12.5. The molecule has 0 aliphatic carbocycles. The predicted octanol–water partition coefficient (Wildman–Crippen LogP) is 4.26. The largest absolute Gasteiger partial charge is 0.346 e. The summed E-state index contributed by atoms with van der Waals surface area (Å²) in [6.45, 7) is 10.3. The van der Waals surface area contributed by atoms with Crippen LogP contribution in [-0.4, -0.2) is 56.8 Å². The van der Waals surface area contributed by atoms with Gasteiger partial charge in [0.15, 0.2) is 0 Å². The van der Waals surface area contributed by atoms with Crippen LogP contribution in [0.25, 0.3) is 11.1 Å². The smallest absolute Gasteiger partial charge is 0.227 e. The molecule has 1 aliphatic heterocycles. The maximum Gasteiger partial charge on any atom is 0.227 e. The van der Waals surface area contributed by atoms with Crippen molar-refractivity contribution >= 4 is 5.91 Å². The van der Waals surface area contributed by atoms with Crippen LogP contribution in [0.15, 0.2) is 48.8 Å². The second-order valence-corrected chi connectivity index (χ2v) is 8.96. The zero-order chi connectivity index (χ0) is 23.2. The first kappa shape index (κ1) is 23.2. The Hall–Kier alpha value is -2.99. The number of pyridine rings is 1. The summed E-state index contributed by atoms with van der Waals surface area (Å²) >= 11 is 0. The quantitative estimate of drug-likeness (QED) is 0.563. The van der Waals surface area contributed by atoms with Gasteiger partial charge in [-0.1, -0.05) is 38.1 Å². The number of hydrogen-bond acceptors (Lipinski definition) is 4. The summed E-state index contributed by atoms with van der Waals surface area (Å²) in [6.07, 6.45) is 6.25. The van der Waals surface area contributed by atoms with Crippen molar-refractivity contribution in [1.29, 1.82) is 0 Å². The number of amides is 1. The second kappa shape index (κ2) is 10.8. The number of hydrogen-bond donors (Lipinski definition) is 1. The fourth-order valence-corrected chi connectivity index (χ4v) is 4.77. The summed E-state index contributed by atoms with van der Waals surface area (Å²) in [4.78, 5) is 30.4. The highest BCUT2D eigenvalue weighted by atomic mass is 16.2. The Bertz CT molecular complexity index is 1060. The highest BCUT2D eigenvalue weighted by Crippen LogP contribution is 2.27. The lowest BCUT2D eigenvalue weighted by molar-refractivity contribution is -0.134. The normalized spacial score (nSPS) is 17.4. The van der Waals surface area contributed by atoms with Crippen molar-refractivity contribution < 1.29 is 4.79 Å². The molecule has 1 aromatic carbocycles. The van der Waals surface area contributed by atoms with Crippen molar-refractivity contribution in [2.75, 3.05) is 26.2 Å². The van der Waals surface area contributed by atoms with Crippen molar-refractivity contribution in [2.24, 2.45) is 5.92 Å². The van der Waals surface area contributed by atoms with Crippen molar-refractivity contribution in [2.45, 2.75) is 46.6 Å². The molecule has 0 spiro atoms. The van der Waals surface area contributed by atoms with Crippen LogP contribution in [-0.2, 0) is 24.2 Å². The third-order valence-corrected chi connectivity index (χ3v) is 6.54. The van der Waals surface area contributed by atoms with E-state index in [0.29, 0.717) is 0 Å². The molecule has 1 atom stereocenters. The van der Waals surface area contributed by atoms with Crippen molar-refractivity contribution in [3.63, 3.8) is 0 Å². The van der Waals surface area contributed by atoms with Crippen LogP contribution < -0.4 is 0 Å². The zero-order valence-electron chi connectivity index (χ0n) is 20.1. The molecule has 33 heavy (non-hydrogen) atoms. The Balaban J connectivity index is 1.59. The number of nitrogens with one attached hydrogen (secondary N) is 1. The molecule has 6 heteroatoms. The molecule has 0 saturated carbocycles. The molecule has 1 N–H and O–H groups in total. The van der Waals surface area contributed by atoms with Gasteiger partial charge in [-0.3, -0.25) is 14.7 Å². The van der Waals surface area contributed by atoms with E-state index in [1.807, 2.05) is 24.5 Å². The Kier molecular flexibility index (Phi) is 7.55. The zero-order valence-corrected chi connectivity index (χ0v) is 20.1. The number of H-pyrrole nitrogens is 1. The molecular formula is C27H35N5O. The molecule has 2 aromatic heterocycles. The van der Waals surface area contributed by atoms with Crippen LogP contribution >= 0.6 is 0 Å². The van der Waals surface area contributed by atoms with Crippen LogP contribution in [0.2, 0.25) is 0 Å². The van der Waals surface area contributed by atoms with Gasteiger partial charge in [-0.05, 0) is 48.6 Å². The molecular weight excluding hydrogens is 410 g/mol. The first-order valence-electron chi connectivity index (χ1n) is 12.1. The Labute approximate surface area is 197 Å². The lowest BCUT2D eigenvalue weighted by Gasteiger charge is -2.24. The van der Waals surface area contributed by atoms with Crippen LogP contribution in [0.1, 0.15) is 43.0 Å². The number of aromatic nitrogens is 3. The summed E-state index contributed by atoms with van der Waals surface area (Å²) in [7, 11) is 0. The van der Waals surface area contributed by atoms with Crippen molar-refractivity contribution in [3.05, 3.63) is 71.6 Å². The average Bonchev–Trinajstić information content (AvgIpc) is 3.13. The van der Waals surface area contributed by atoms with Gasteiger partial charge in [0.2, 0.25) is 5.91 Å². The third kappa shape index (κ3) is 5.50. The van der Waals surface area contributed by atoms with Crippen LogP contribution in [0.3, 0.4) is 0 Å². The van der Waals surface area contributed by atoms with Crippen LogP contribution in [0.4, 0.5) is 0 Å². The number of rotatable bonds is 8. The van der Waals surface area contributed by atoms with Gasteiger partial charge in [-0.2, -0.15) is 0 Å². The summed E-state index contributed by atoms with van der Waals surface area (Å²) in [5, 5.41) is 0. The minimum atomic E-state index is -0.0769. The standard InChI is InChI=1S/C27H35N5O/c1-4-14-32-16-15-31(19-25-20(3)29-26(5-2)30-25)18-23(27(32)33)17-22-8-6-7-9-24(22)21-10-12-28-13-11-21/h6-13,23H,4-5,14-19H2,1-3H3,(H,29,30)/t23-/m1/s1. The maximum atomic E-state index is 13.6. The second-order valence-electron chi connectivity index (χ2n) is 8.96. The molecule has 0 radical (unpaired) electrons. The highest BCUT2D eigenvalue weighted by Gasteiger charge is 2.31. The number of benzene rings is 1. The van der Waals surface area contributed by atoms with Gasteiger partial charge in [-0.15, -0.1) is 0 Å². The lowest BCUT2D eigenvalue weighted by Crippen LogP contribution is -2.37. The van der Waals surface area contributed by atoms with Crippen molar-refractivity contribution in [3.8, 4) is 11.1 Å². The first-order chi connectivity index (χ1) is 16.1. The SMILES string of the molecule is CCCN1CCN(Cc2nc(CC)[nH]c2C)C[C@@H](Cc2ccccc2-c2ccncc2)C1=O. The van der Waals surface area contributed by atoms with Crippen LogP contribution in [0, 0.1) is 12.8 Å². The number of carbonyl (C=O) groups excluding carboxylic acids is 1. The van der Waals surface area contributed by atoms with Crippen molar-refractivity contribution in [1.82, 2.24) is 24.8 Å².